The Labute approximate surface area is 165 Å². The highest BCUT2D eigenvalue weighted by atomic mass is 35.5. The van der Waals surface area contributed by atoms with Gasteiger partial charge in [0, 0.05) is 12.1 Å². The largest absolute Gasteiger partial charge is 0.357 e. The van der Waals surface area contributed by atoms with Gasteiger partial charge in [0.2, 0.25) is 18.2 Å². The third-order valence-electron chi connectivity index (χ3n) is 4.47. The van der Waals surface area contributed by atoms with Crippen LogP contribution in [0.2, 0.25) is 5.02 Å². The molecule has 0 saturated heterocycles. The number of carbonyl (C=O) groups is 3. The zero-order valence-corrected chi connectivity index (χ0v) is 17.1. The molecule has 3 N–H and O–H groups in total. The van der Waals surface area contributed by atoms with Gasteiger partial charge >= 0.3 is 0 Å². The van der Waals surface area contributed by atoms with Crippen LogP contribution in [-0.2, 0) is 20.8 Å². The van der Waals surface area contributed by atoms with Gasteiger partial charge in [-0.05, 0) is 36.5 Å². The number of hydroxylamine groups is 2. The lowest BCUT2D eigenvalue weighted by molar-refractivity contribution is -0.166. The molecular formula is C19H28ClN3O4. The quantitative estimate of drug-likeness (QED) is 0.355. The third-order valence-corrected chi connectivity index (χ3v) is 4.73. The first kappa shape index (κ1) is 22.9. The number of hydrogen-bond acceptors (Lipinski definition) is 4. The Bertz CT molecular complexity index is 658. The van der Waals surface area contributed by atoms with Crippen LogP contribution in [-0.4, -0.2) is 47.6 Å². The summed E-state index contributed by atoms with van der Waals surface area (Å²) in [4.78, 5) is 36.2. The van der Waals surface area contributed by atoms with Crippen LogP contribution in [0, 0.1) is 11.3 Å². The van der Waals surface area contributed by atoms with Gasteiger partial charge < -0.3 is 10.6 Å². The molecule has 0 saturated carbocycles. The van der Waals surface area contributed by atoms with Crippen molar-refractivity contribution in [1.82, 2.24) is 15.7 Å². The summed E-state index contributed by atoms with van der Waals surface area (Å²) in [5.41, 5.74) is 0.297. The summed E-state index contributed by atoms with van der Waals surface area (Å²) >= 11 is 5.90. The summed E-state index contributed by atoms with van der Waals surface area (Å²) in [6.07, 6.45) is 0.520. The van der Waals surface area contributed by atoms with Crippen LogP contribution in [0.15, 0.2) is 24.3 Å². The number of amides is 3. The summed E-state index contributed by atoms with van der Waals surface area (Å²) in [6, 6.07) is 5.41. The molecule has 0 aliphatic carbocycles. The van der Waals surface area contributed by atoms with Crippen molar-refractivity contribution in [2.45, 2.75) is 46.2 Å². The maximum absolute atomic E-state index is 13.0. The zero-order chi connectivity index (χ0) is 20.8. The third kappa shape index (κ3) is 6.52. The van der Waals surface area contributed by atoms with E-state index in [0.717, 1.165) is 5.56 Å². The summed E-state index contributed by atoms with van der Waals surface area (Å²) in [5.74, 6) is -1.51. The number of hydrogen-bond donors (Lipinski definition) is 3. The minimum Gasteiger partial charge on any atom is -0.357 e. The summed E-state index contributed by atoms with van der Waals surface area (Å²) in [5, 5.41) is 16.2. The van der Waals surface area contributed by atoms with Crippen LogP contribution >= 0.6 is 11.6 Å². The normalized spacial score (nSPS) is 14.6. The maximum atomic E-state index is 13.0. The number of rotatable bonds is 8. The van der Waals surface area contributed by atoms with Gasteiger partial charge in [-0.15, -0.1) is 0 Å². The number of carbonyl (C=O) groups excluding carboxylic acids is 3. The highest BCUT2D eigenvalue weighted by molar-refractivity contribution is 6.30. The van der Waals surface area contributed by atoms with Crippen molar-refractivity contribution in [2.75, 3.05) is 7.05 Å². The molecular weight excluding hydrogens is 370 g/mol. The predicted molar refractivity (Wildman–Crippen MR) is 103 cm³/mol. The lowest BCUT2D eigenvalue weighted by Crippen LogP contribution is -2.56. The van der Waals surface area contributed by atoms with Crippen LogP contribution in [0.1, 0.15) is 33.3 Å². The number of halogens is 1. The van der Waals surface area contributed by atoms with E-state index in [9.17, 15) is 19.6 Å². The first-order valence-electron chi connectivity index (χ1n) is 8.70. The van der Waals surface area contributed by atoms with E-state index >= 15 is 0 Å². The van der Waals surface area contributed by atoms with Gasteiger partial charge in [-0.2, -0.15) is 0 Å². The van der Waals surface area contributed by atoms with E-state index in [-0.39, 0.29) is 18.7 Å². The van der Waals surface area contributed by atoms with Crippen molar-refractivity contribution >= 4 is 29.8 Å². The van der Waals surface area contributed by atoms with Crippen molar-refractivity contribution in [3.63, 3.8) is 0 Å². The SMILES string of the molecule is CNC(=O)C(NC(=O)[C@H](Cc1ccc(Cl)cc1)[C@H](C)N(O)C=O)C(C)(C)C. The van der Waals surface area contributed by atoms with E-state index in [0.29, 0.717) is 10.1 Å². The molecule has 0 bridgehead atoms. The second-order valence-electron chi connectivity index (χ2n) is 7.58. The molecule has 7 nitrogen and oxygen atoms in total. The minimum atomic E-state index is -0.788. The Kier molecular flexibility index (Phi) is 8.24. The van der Waals surface area contributed by atoms with Gasteiger partial charge in [-0.25, -0.2) is 5.06 Å². The Morgan fingerprint density at radius 3 is 2.22 bits per heavy atom. The second kappa shape index (κ2) is 9.71. The molecule has 0 aromatic heterocycles. The number of likely N-dealkylation sites (N-methyl/N-ethyl adjacent to an activating group) is 1. The van der Waals surface area contributed by atoms with Gasteiger partial charge in [0.15, 0.2) is 0 Å². The van der Waals surface area contributed by atoms with E-state index < -0.39 is 29.3 Å². The molecule has 1 unspecified atom stereocenters. The van der Waals surface area contributed by atoms with E-state index in [1.54, 1.807) is 31.2 Å². The van der Waals surface area contributed by atoms with Crippen LogP contribution < -0.4 is 10.6 Å². The Hall–Kier alpha value is -2.12. The van der Waals surface area contributed by atoms with Crippen molar-refractivity contribution < 1.29 is 19.6 Å². The molecule has 0 radical (unpaired) electrons. The monoisotopic (exact) mass is 397 g/mol. The predicted octanol–water partition coefficient (Wildman–Crippen LogP) is 2.01. The molecule has 0 aliphatic heterocycles. The van der Waals surface area contributed by atoms with Crippen molar-refractivity contribution in [3.05, 3.63) is 34.9 Å². The van der Waals surface area contributed by atoms with Crippen molar-refractivity contribution in [1.29, 1.82) is 0 Å². The van der Waals surface area contributed by atoms with Crippen molar-refractivity contribution in [2.24, 2.45) is 11.3 Å². The lowest BCUT2D eigenvalue weighted by atomic mass is 9.84. The smallest absolute Gasteiger partial charge is 0.242 e. The summed E-state index contributed by atoms with van der Waals surface area (Å²) in [6.45, 7) is 7.10. The highest BCUT2D eigenvalue weighted by Crippen LogP contribution is 2.22. The molecule has 8 heteroatoms. The maximum Gasteiger partial charge on any atom is 0.242 e. The number of benzene rings is 1. The first-order chi connectivity index (χ1) is 12.5. The molecule has 0 spiro atoms. The molecule has 27 heavy (non-hydrogen) atoms. The average molecular weight is 398 g/mol. The number of nitrogens with one attached hydrogen (secondary N) is 2. The van der Waals surface area contributed by atoms with E-state index in [4.69, 9.17) is 11.6 Å². The van der Waals surface area contributed by atoms with Crippen LogP contribution in [0.4, 0.5) is 0 Å². The van der Waals surface area contributed by atoms with Gasteiger partial charge in [-0.3, -0.25) is 19.6 Å². The Balaban J connectivity index is 3.12. The van der Waals surface area contributed by atoms with E-state index in [1.165, 1.54) is 7.05 Å². The minimum absolute atomic E-state index is 0.257. The summed E-state index contributed by atoms with van der Waals surface area (Å²) < 4.78 is 0. The van der Waals surface area contributed by atoms with Gasteiger partial charge in [0.1, 0.15) is 6.04 Å². The lowest BCUT2D eigenvalue weighted by Gasteiger charge is -2.33. The van der Waals surface area contributed by atoms with Crippen LogP contribution in [0.3, 0.4) is 0 Å². The molecule has 3 atom stereocenters. The fraction of sp³-hybridized carbons (Fsp3) is 0.526. The Morgan fingerprint density at radius 2 is 1.78 bits per heavy atom. The van der Waals surface area contributed by atoms with Crippen molar-refractivity contribution in [3.8, 4) is 0 Å². The van der Waals surface area contributed by atoms with Crippen LogP contribution in [0.25, 0.3) is 0 Å². The van der Waals surface area contributed by atoms with E-state index in [2.05, 4.69) is 10.6 Å². The zero-order valence-electron chi connectivity index (χ0n) is 16.3. The molecule has 150 valence electrons. The standard InChI is InChI=1S/C19H28ClN3O4/c1-12(23(27)11-24)15(10-13-6-8-14(20)9-7-13)17(25)22-16(18(26)21-5)19(2,3)4/h6-9,11-12,15-16,27H,10H2,1-5H3,(H,21,26)(H,22,25)/t12-,15+,16?/m0/s1. The molecule has 1 rings (SSSR count). The molecule has 0 fully saturated rings. The molecule has 0 aliphatic rings. The fourth-order valence-electron chi connectivity index (χ4n) is 2.71. The first-order valence-corrected chi connectivity index (χ1v) is 9.08. The second-order valence-corrected chi connectivity index (χ2v) is 8.02. The van der Waals surface area contributed by atoms with Gasteiger partial charge in [0.05, 0.1) is 12.0 Å². The van der Waals surface area contributed by atoms with E-state index in [1.807, 2.05) is 20.8 Å². The van der Waals surface area contributed by atoms with Crippen LogP contribution in [0.5, 0.6) is 0 Å². The highest BCUT2D eigenvalue weighted by Gasteiger charge is 2.36. The Morgan fingerprint density at radius 1 is 1.22 bits per heavy atom. The topological polar surface area (TPSA) is 98.7 Å². The molecule has 1 aromatic carbocycles. The molecule has 0 heterocycles. The molecule has 3 amide bonds. The molecule has 1 aromatic rings. The fourth-order valence-corrected chi connectivity index (χ4v) is 2.83. The number of nitrogens with zero attached hydrogens (tertiary/aromatic N) is 1. The summed E-state index contributed by atoms with van der Waals surface area (Å²) in [7, 11) is 1.50. The van der Waals surface area contributed by atoms with Gasteiger partial charge in [0.25, 0.3) is 0 Å². The average Bonchev–Trinajstić information content (AvgIpc) is 2.62. The van der Waals surface area contributed by atoms with Gasteiger partial charge in [-0.1, -0.05) is 44.5 Å².